The molecular formula is C16H16Br3NO. The van der Waals surface area contributed by atoms with E-state index >= 15 is 0 Å². The van der Waals surface area contributed by atoms with Crippen molar-refractivity contribution in [1.29, 1.82) is 0 Å². The van der Waals surface area contributed by atoms with Crippen LogP contribution in [0.15, 0.2) is 49.8 Å². The Balaban J connectivity index is 2.30. The van der Waals surface area contributed by atoms with E-state index in [9.17, 15) is 0 Å². The summed E-state index contributed by atoms with van der Waals surface area (Å²) in [6, 6.07) is 12.6. The van der Waals surface area contributed by atoms with E-state index in [0.717, 1.165) is 25.6 Å². The minimum Gasteiger partial charge on any atom is -0.497 e. The molecule has 1 N–H and O–H groups in total. The van der Waals surface area contributed by atoms with E-state index < -0.39 is 0 Å². The van der Waals surface area contributed by atoms with Gasteiger partial charge >= 0.3 is 0 Å². The Morgan fingerprint density at radius 2 is 1.71 bits per heavy atom. The lowest BCUT2D eigenvalue weighted by Crippen LogP contribution is -2.19. The van der Waals surface area contributed by atoms with Crippen LogP contribution in [0.25, 0.3) is 0 Å². The number of benzene rings is 2. The number of hydrogen-bond acceptors (Lipinski definition) is 2. The third kappa shape index (κ3) is 4.55. The number of likely N-dealkylation sites (N-methyl/N-ethyl adjacent to an activating group) is 1. The van der Waals surface area contributed by atoms with Gasteiger partial charge in [-0.3, -0.25) is 0 Å². The first-order valence-corrected chi connectivity index (χ1v) is 8.87. The lowest BCUT2D eigenvalue weighted by molar-refractivity contribution is 0.414. The van der Waals surface area contributed by atoms with E-state index in [0.29, 0.717) is 0 Å². The molecule has 21 heavy (non-hydrogen) atoms. The van der Waals surface area contributed by atoms with Crippen LogP contribution in [0.1, 0.15) is 17.2 Å². The van der Waals surface area contributed by atoms with E-state index in [1.54, 1.807) is 7.11 Å². The summed E-state index contributed by atoms with van der Waals surface area (Å²) in [5, 5.41) is 3.38. The van der Waals surface area contributed by atoms with Crippen molar-refractivity contribution in [2.75, 3.05) is 14.2 Å². The Labute approximate surface area is 150 Å². The van der Waals surface area contributed by atoms with Gasteiger partial charge in [-0.15, -0.1) is 0 Å². The average molecular weight is 478 g/mol. The van der Waals surface area contributed by atoms with Gasteiger partial charge in [0.1, 0.15) is 5.75 Å². The standard InChI is InChI=1S/C16H16Br3NO/c1-20-16(11-5-12(17)9-13(18)6-11)8-10-7-14(21-2)3-4-15(10)19/h3-7,9,16,20H,8H2,1-2H3. The molecule has 2 nitrogen and oxygen atoms in total. The zero-order chi connectivity index (χ0) is 15.4. The molecule has 0 spiro atoms. The summed E-state index contributed by atoms with van der Waals surface area (Å²) in [6.45, 7) is 0. The monoisotopic (exact) mass is 475 g/mol. The SMILES string of the molecule is CNC(Cc1cc(OC)ccc1Br)c1cc(Br)cc(Br)c1. The molecule has 5 heteroatoms. The molecule has 1 atom stereocenters. The maximum Gasteiger partial charge on any atom is 0.119 e. The minimum atomic E-state index is 0.224. The predicted octanol–water partition coefficient (Wildman–Crippen LogP) is 5.49. The predicted molar refractivity (Wildman–Crippen MR) is 98.0 cm³/mol. The molecule has 2 aromatic rings. The Bertz CT molecular complexity index is 611. The first-order chi connectivity index (χ1) is 10.0. The van der Waals surface area contributed by atoms with E-state index in [1.165, 1.54) is 11.1 Å². The maximum atomic E-state index is 5.31. The largest absolute Gasteiger partial charge is 0.497 e. The number of nitrogens with one attached hydrogen (secondary N) is 1. The lowest BCUT2D eigenvalue weighted by atomic mass is 9.99. The van der Waals surface area contributed by atoms with E-state index in [1.807, 2.05) is 25.2 Å². The third-order valence-electron chi connectivity index (χ3n) is 3.31. The molecule has 0 aliphatic rings. The van der Waals surface area contributed by atoms with Crippen LogP contribution in [0.3, 0.4) is 0 Å². The Kier molecular flexibility index (Phi) is 6.29. The number of ether oxygens (including phenoxy) is 1. The van der Waals surface area contributed by atoms with Crippen LogP contribution < -0.4 is 10.1 Å². The number of halogens is 3. The molecule has 2 aromatic carbocycles. The molecule has 0 amide bonds. The zero-order valence-electron chi connectivity index (χ0n) is 11.8. The second kappa shape index (κ2) is 7.77. The molecule has 0 aliphatic carbocycles. The van der Waals surface area contributed by atoms with Crippen molar-refractivity contribution in [3.05, 3.63) is 60.9 Å². The average Bonchev–Trinajstić information content (AvgIpc) is 2.45. The quantitative estimate of drug-likeness (QED) is 0.615. The summed E-state index contributed by atoms with van der Waals surface area (Å²) in [4.78, 5) is 0. The van der Waals surface area contributed by atoms with Crippen molar-refractivity contribution in [3.8, 4) is 5.75 Å². The third-order valence-corrected chi connectivity index (χ3v) is 5.00. The molecule has 0 radical (unpaired) electrons. The summed E-state index contributed by atoms with van der Waals surface area (Å²) >= 11 is 10.7. The summed E-state index contributed by atoms with van der Waals surface area (Å²) in [5.74, 6) is 0.874. The summed E-state index contributed by atoms with van der Waals surface area (Å²) in [5.41, 5.74) is 2.44. The van der Waals surface area contributed by atoms with Gasteiger partial charge < -0.3 is 10.1 Å². The highest BCUT2D eigenvalue weighted by Crippen LogP contribution is 2.30. The van der Waals surface area contributed by atoms with Crippen molar-refractivity contribution >= 4 is 47.8 Å². The van der Waals surface area contributed by atoms with Gasteiger partial charge in [0.05, 0.1) is 7.11 Å². The summed E-state index contributed by atoms with van der Waals surface area (Å²) in [7, 11) is 3.67. The highest BCUT2D eigenvalue weighted by atomic mass is 79.9. The highest BCUT2D eigenvalue weighted by Gasteiger charge is 2.14. The lowest BCUT2D eigenvalue weighted by Gasteiger charge is -2.19. The Hall–Kier alpha value is -0.360. The fraction of sp³-hybridized carbons (Fsp3) is 0.250. The minimum absolute atomic E-state index is 0.224. The number of rotatable bonds is 5. The van der Waals surface area contributed by atoms with Gasteiger partial charge in [0.25, 0.3) is 0 Å². The molecular weight excluding hydrogens is 462 g/mol. The van der Waals surface area contributed by atoms with Crippen LogP contribution in [-0.4, -0.2) is 14.2 Å². The highest BCUT2D eigenvalue weighted by molar-refractivity contribution is 9.11. The van der Waals surface area contributed by atoms with Crippen molar-refractivity contribution in [2.24, 2.45) is 0 Å². The molecule has 0 bridgehead atoms. The first kappa shape index (κ1) is 17.0. The summed E-state index contributed by atoms with van der Waals surface area (Å²) in [6.07, 6.45) is 0.872. The van der Waals surface area contributed by atoms with Crippen molar-refractivity contribution in [2.45, 2.75) is 12.5 Å². The van der Waals surface area contributed by atoms with Gasteiger partial charge in [-0.25, -0.2) is 0 Å². The fourth-order valence-corrected chi connectivity index (χ4v) is 3.95. The van der Waals surface area contributed by atoms with Gasteiger partial charge in [0.15, 0.2) is 0 Å². The smallest absolute Gasteiger partial charge is 0.119 e. The van der Waals surface area contributed by atoms with Crippen LogP contribution in [0.5, 0.6) is 5.75 Å². The topological polar surface area (TPSA) is 21.3 Å². The van der Waals surface area contributed by atoms with Gasteiger partial charge in [0, 0.05) is 19.5 Å². The van der Waals surface area contributed by atoms with Crippen LogP contribution in [0.2, 0.25) is 0 Å². The van der Waals surface area contributed by atoms with Crippen LogP contribution in [0, 0.1) is 0 Å². The van der Waals surface area contributed by atoms with Crippen LogP contribution in [0.4, 0.5) is 0 Å². The van der Waals surface area contributed by atoms with E-state index in [4.69, 9.17) is 4.74 Å². The second-order valence-corrected chi connectivity index (χ2v) is 7.39. The van der Waals surface area contributed by atoms with Gasteiger partial charge in [-0.1, -0.05) is 47.8 Å². The fourth-order valence-electron chi connectivity index (χ4n) is 2.22. The number of methoxy groups -OCH3 is 1. The second-order valence-electron chi connectivity index (χ2n) is 4.71. The Morgan fingerprint density at radius 1 is 1.05 bits per heavy atom. The first-order valence-electron chi connectivity index (χ1n) is 6.49. The van der Waals surface area contributed by atoms with E-state index in [2.05, 4.69) is 71.3 Å². The molecule has 0 fully saturated rings. The van der Waals surface area contributed by atoms with Crippen LogP contribution >= 0.6 is 47.8 Å². The summed E-state index contributed by atoms with van der Waals surface area (Å²) < 4.78 is 8.54. The molecule has 0 aromatic heterocycles. The normalized spacial score (nSPS) is 12.2. The maximum absolute atomic E-state index is 5.31. The Morgan fingerprint density at radius 3 is 2.29 bits per heavy atom. The molecule has 0 heterocycles. The van der Waals surface area contributed by atoms with Crippen molar-refractivity contribution < 1.29 is 4.74 Å². The molecule has 0 aliphatic heterocycles. The zero-order valence-corrected chi connectivity index (χ0v) is 16.5. The van der Waals surface area contributed by atoms with Gasteiger partial charge in [-0.05, 0) is 61.0 Å². The molecule has 0 saturated heterocycles. The number of hydrogen-bond donors (Lipinski definition) is 1. The van der Waals surface area contributed by atoms with Crippen LogP contribution in [-0.2, 0) is 6.42 Å². The van der Waals surface area contributed by atoms with Crippen molar-refractivity contribution in [3.63, 3.8) is 0 Å². The molecule has 1 unspecified atom stereocenters. The molecule has 112 valence electrons. The van der Waals surface area contributed by atoms with Crippen molar-refractivity contribution in [1.82, 2.24) is 5.32 Å². The van der Waals surface area contributed by atoms with Gasteiger partial charge in [-0.2, -0.15) is 0 Å². The molecule has 2 rings (SSSR count). The van der Waals surface area contributed by atoms with Gasteiger partial charge in [0.2, 0.25) is 0 Å². The van der Waals surface area contributed by atoms with E-state index in [-0.39, 0.29) is 6.04 Å². The molecule has 0 saturated carbocycles.